The highest BCUT2D eigenvalue weighted by atomic mass is 32.2. The summed E-state index contributed by atoms with van der Waals surface area (Å²) in [5.41, 5.74) is 8.89. The standard InChI is InChI=1S/C22H24N4O3S/c1-14-7-8-18-16(11-14)17(21(24-2)22(23)27)12-20(25-18)26-9-10-30(28,29)19-6-4-3-5-15(19)13-26/h3-8,11-12,21,24H,9-10,13H2,1-2H3,(H2,23,27)/t21-/m0/s1. The topological polar surface area (TPSA) is 105 Å². The molecule has 1 aliphatic heterocycles. The van der Waals surface area contributed by atoms with Gasteiger partial charge in [0.1, 0.15) is 11.9 Å². The number of primary amides is 1. The van der Waals surface area contributed by atoms with Crippen molar-refractivity contribution in [3.63, 3.8) is 0 Å². The first-order chi connectivity index (χ1) is 14.3. The van der Waals surface area contributed by atoms with Gasteiger partial charge in [0.15, 0.2) is 9.84 Å². The maximum Gasteiger partial charge on any atom is 0.239 e. The van der Waals surface area contributed by atoms with E-state index in [1.165, 1.54) is 0 Å². The molecule has 4 rings (SSSR count). The first-order valence-corrected chi connectivity index (χ1v) is 11.4. The van der Waals surface area contributed by atoms with Crippen molar-refractivity contribution in [3.8, 4) is 0 Å². The summed E-state index contributed by atoms with van der Waals surface area (Å²) in [6.45, 7) is 2.70. The number of rotatable bonds is 4. The van der Waals surface area contributed by atoms with E-state index in [4.69, 9.17) is 10.7 Å². The van der Waals surface area contributed by atoms with Crippen LogP contribution in [0.15, 0.2) is 53.4 Å². The first-order valence-electron chi connectivity index (χ1n) is 9.73. The van der Waals surface area contributed by atoms with Crippen LogP contribution in [0.3, 0.4) is 0 Å². The van der Waals surface area contributed by atoms with E-state index in [-0.39, 0.29) is 5.75 Å². The highest BCUT2D eigenvalue weighted by Gasteiger charge is 2.27. The maximum absolute atomic E-state index is 12.7. The van der Waals surface area contributed by atoms with Crippen molar-refractivity contribution in [1.29, 1.82) is 0 Å². The largest absolute Gasteiger partial charge is 0.368 e. The molecule has 0 saturated carbocycles. The number of sulfone groups is 1. The molecule has 7 nitrogen and oxygen atoms in total. The fraction of sp³-hybridized carbons (Fsp3) is 0.273. The molecule has 8 heteroatoms. The van der Waals surface area contributed by atoms with Gasteiger partial charge in [-0.25, -0.2) is 13.4 Å². The minimum atomic E-state index is -3.37. The summed E-state index contributed by atoms with van der Waals surface area (Å²) in [6.07, 6.45) is 0. The summed E-state index contributed by atoms with van der Waals surface area (Å²) in [6, 6.07) is 14.1. The number of carbonyl (C=O) groups is 1. The molecule has 30 heavy (non-hydrogen) atoms. The van der Waals surface area contributed by atoms with E-state index in [0.29, 0.717) is 23.8 Å². The number of nitrogens with zero attached hydrogens (tertiary/aromatic N) is 2. The van der Waals surface area contributed by atoms with E-state index in [1.807, 2.05) is 48.2 Å². The summed E-state index contributed by atoms with van der Waals surface area (Å²) in [5, 5.41) is 3.83. The van der Waals surface area contributed by atoms with Crippen LogP contribution in [0.2, 0.25) is 0 Å². The van der Waals surface area contributed by atoms with E-state index < -0.39 is 21.8 Å². The maximum atomic E-state index is 12.7. The zero-order valence-electron chi connectivity index (χ0n) is 16.9. The van der Waals surface area contributed by atoms with E-state index in [9.17, 15) is 13.2 Å². The molecule has 1 aliphatic rings. The molecule has 0 aliphatic carbocycles. The van der Waals surface area contributed by atoms with Crippen molar-refractivity contribution < 1.29 is 13.2 Å². The Bertz CT molecular complexity index is 1240. The van der Waals surface area contributed by atoms with Gasteiger partial charge in [-0.3, -0.25) is 4.79 Å². The molecule has 156 valence electrons. The van der Waals surface area contributed by atoms with Gasteiger partial charge in [0.05, 0.1) is 16.2 Å². The molecular formula is C22H24N4O3S. The normalized spacial score (nSPS) is 16.7. The van der Waals surface area contributed by atoms with Gasteiger partial charge in [-0.1, -0.05) is 29.8 Å². The second-order valence-corrected chi connectivity index (χ2v) is 9.64. The number of benzene rings is 2. The number of likely N-dealkylation sites (N-methyl/N-ethyl adjacent to an activating group) is 1. The van der Waals surface area contributed by atoms with Gasteiger partial charge in [0.25, 0.3) is 0 Å². The van der Waals surface area contributed by atoms with Gasteiger partial charge in [0, 0.05) is 18.5 Å². The van der Waals surface area contributed by atoms with E-state index in [1.54, 1.807) is 19.2 Å². The zero-order chi connectivity index (χ0) is 21.5. The van der Waals surface area contributed by atoms with Crippen molar-refractivity contribution in [2.45, 2.75) is 24.4 Å². The van der Waals surface area contributed by atoms with Crippen molar-refractivity contribution in [2.75, 3.05) is 24.2 Å². The number of fused-ring (bicyclic) bond motifs is 2. The quantitative estimate of drug-likeness (QED) is 0.664. The summed E-state index contributed by atoms with van der Waals surface area (Å²) in [4.78, 5) is 19.2. The number of aromatic nitrogens is 1. The monoisotopic (exact) mass is 424 g/mol. The third kappa shape index (κ3) is 3.64. The molecule has 0 saturated heterocycles. The average Bonchev–Trinajstić information content (AvgIpc) is 2.84. The van der Waals surface area contributed by atoms with Crippen LogP contribution in [0.4, 0.5) is 5.82 Å². The number of amides is 1. The number of nitrogens with two attached hydrogens (primary N) is 1. The number of aryl methyl sites for hydroxylation is 1. The van der Waals surface area contributed by atoms with Crippen LogP contribution in [0.25, 0.3) is 10.9 Å². The minimum absolute atomic E-state index is 0.00175. The number of anilines is 1. The van der Waals surface area contributed by atoms with Gasteiger partial charge in [0.2, 0.25) is 5.91 Å². The lowest BCUT2D eigenvalue weighted by Crippen LogP contribution is -2.32. The van der Waals surface area contributed by atoms with Crippen LogP contribution in [-0.4, -0.2) is 38.7 Å². The number of nitrogens with one attached hydrogen (secondary N) is 1. The molecule has 0 spiro atoms. The Morgan fingerprint density at radius 1 is 1.20 bits per heavy atom. The predicted octanol–water partition coefficient (Wildman–Crippen LogP) is 2.08. The van der Waals surface area contributed by atoms with Crippen molar-refractivity contribution in [2.24, 2.45) is 5.73 Å². The predicted molar refractivity (Wildman–Crippen MR) is 117 cm³/mol. The van der Waals surface area contributed by atoms with Crippen molar-refractivity contribution >= 4 is 32.5 Å². The molecule has 0 radical (unpaired) electrons. The number of hydrogen-bond donors (Lipinski definition) is 2. The lowest BCUT2D eigenvalue weighted by atomic mass is 9.99. The molecule has 2 aromatic carbocycles. The lowest BCUT2D eigenvalue weighted by molar-refractivity contribution is -0.120. The Balaban J connectivity index is 1.87. The molecule has 1 atom stereocenters. The van der Waals surface area contributed by atoms with E-state index >= 15 is 0 Å². The fourth-order valence-corrected chi connectivity index (χ4v) is 5.46. The molecule has 0 fully saturated rings. The molecule has 1 aromatic heterocycles. The molecule has 0 unspecified atom stereocenters. The zero-order valence-corrected chi connectivity index (χ0v) is 17.7. The third-order valence-electron chi connectivity index (χ3n) is 5.49. The second kappa shape index (κ2) is 7.70. The van der Waals surface area contributed by atoms with Gasteiger partial charge in [-0.15, -0.1) is 0 Å². The summed E-state index contributed by atoms with van der Waals surface area (Å²) in [7, 11) is -1.68. The van der Waals surface area contributed by atoms with Gasteiger partial charge >= 0.3 is 0 Å². The first kappa shape index (κ1) is 20.3. The van der Waals surface area contributed by atoms with E-state index in [2.05, 4.69) is 5.32 Å². The molecule has 2 heterocycles. The summed E-state index contributed by atoms with van der Waals surface area (Å²) in [5.74, 6) is 0.133. The average molecular weight is 425 g/mol. The Morgan fingerprint density at radius 3 is 2.70 bits per heavy atom. The molecular weight excluding hydrogens is 400 g/mol. The minimum Gasteiger partial charge on any atom is -0.368 e. The SMILES string of the molecule is CN[C@H](C(N)=O)c1cc(N2CCS(=O)(=O)c3ccccc3C2)nc2ccc(C)cc12. The molecule has 3 aromatic rings. The molecule has 3 N–H and O–H groups in total. The van der Waals surface area contributed by atoms with Gasteiger partial charge in [-0.2, -0.15) is 0 Å². The second-order valence-electron chi connectivity index (χ2n) is 7.56. The Morgan fingerprint density at radius 2 is 1.97 bits per heavy atom. The van der Waals surface area contributed by atoms with Crippen molar-refractivity contribution in [3.05, 3.63) is 65.2 Å². The van der Waals surface area contributed by atoms with Gasteiger partial charge < -0.3 is 16.0 Å². The highest BCUT2D eigenvalue weighted by molar-refractivity contribution is 7.91. The summed E-state index contributed by atoms with van der Waals surface area (Å²) >= 11 is 0. The van der Waals surface area contributed by atoms with Crippen LogP contribution in [0, 0.1) is 6.92 Å². The van der Waals surface area contributed by atoms with Crippen molar-refractivity contribution in [1.82, 2.24) is 10.3 Å². The summed E-state index contributed by atoms with van der Waals surface area (Å²) < 4.78 is 25.4. The number of pyridine rings is 1. The fourth-order valence-electron chi connectivity index (χ4n) is 3.96. The van der Waals surface area contributed by atoms with Crippen LogP contribution < -0.4 is 16.0 Å². The number of carbonyl (C=O) groups excluding carboxylic acids is 1. The Labute approximate surface area is 175 Å². The van der Waals surface area contributed by atoms with Crippen LogP contribution in [0.1, 0.15) is 22.7 Å². The van der Waals surface area contributed by atoms with E-state index in [0.717, 1.165) is 27.6 Å². The lowest BCUT2D eigenvalue weighted by Gasteiger charge is -2.24. The van der Waals surface area contributed by atoms with Crippen LogP contribution >= 0.6 is 0 Å². The smallest absolute Gasteiger partial charge is 0.239 e. The highest BCUT2D eigenvalue weighted by Crippen LogP contribution is 2.31. The molecule has 1 amide bonds. The van der Waals surface area contributed by atoms with Gasteiger partial charge in [-0.05, 0) is 49.4 Å². The third-order valence-corrected chi connectivity index (χ3v) is 7.28. The van der Waals surface area contributed by atoms with Crippen LogP contribution in [0.5, 0.6) is 0 Å². The molecule has 0 bridgehead atoms. The number of hydrogen-bond acceptors (Lipinski definition) is 6. The Kier molecular flexibility index (Phi) is 5.21. The Hall–Kier alpha value is -2.97. The van der Waals surface area contributed by atoms with Crippen LogP contribution in [-0.2, 0) is 21.2 Å².